The molecule has 160 valence electrons. The number of aliphatic hydroxyl groups is 1. The average molecular weight is 391 g/mol. The van der Waals surface area contributed by atoms with Crippen molar-refractivity contribution in [2.24, 2.45) is 46.3 Å². The smallest absolute Gasteiger partial charge is 0.305 e. The molecule has 0 spiro atoms. The van der Waals surface area contributed by atoms with E-state index in [-0.39, 0.29) is 12.1 Å². The van der Waals surface area contributed by atoms with E-state index in [2.05, 4.69) is 20.8 Å². The monoisotopic (exact) mass is 390 g/mol. The molecule has 0 radical (unpaired) electrons. The third-order valence-corrected chi connectivity index (χ3v) is 10.4. The lowest BCUT2D eigenvalue weighted by Crippen LogP contribution is -2.54. The SMILES string of the molecule is COC(=O)CC[C@@H](C)[C@H]1CCC2C3CC[C@@H]4C[C@H](O)CC[C@]4(C)C3CC[C@@]21C. The number of hydrogen-bond donors (Lipinski definition) is 1. The zero-order chi connectivity index (χ0) is 20.1. The van der Waals surface area contributed by atoms with E-state index in [1.807, 2.05) is 0 Å². The van der Waals surface area contributed by atoms with Gasteiger partial charge in [0.1, 0.15) is 0 Å². The predicted octanol–water partition coefficient (Wildman–Crippen LogP) is 5.60. The first kappa shape index (κ1) is 20.7. The van der Waals surface area contributed by atoms with E-state index in [4.69, 9.17) is 4.74 Å². The van der Waals surface area contributed by atoms with Crippen molar-refractivity contribution in [3.8, 4) is 0 Å². The molecule has 3 unspecified atom stereocenters. The number of carbonyl (C=O) groups is 1. The van der Waals surface area contributed by atoms with Gasteiger partial charge in [0.25, 0.3) is 0 Å². The van der Waals surface area contributed by atoms with Crippen LogP contribution in [0.3, 0.4) is 0 Å². The molecule has 0 aliphatic heterocycles. The fourth-order valence-corrected chi connectivity index (χ4v) is 8.86. The summed E-state index contributed by atoms with van der Waals surface area (Å²) in [6.45, 7) is 7.56. The van der Waals surface area contributed by atoms with Crippen LogP contribution in [0, 0.1) is 46.3 Å². The first-order chi connectivity index (χ1) is 13.3. The molecule has 9 atom stereocenters. The van der Waals surface area contributed by atoms with E-state index in [1.54, 1.807) is 0 Å². The van der Waals surface area contributed by atoms with Gasteiger partial charge in [0.15, 0.2) is 0 Å². The van der Waals surface area contributed by atoms with Gasteiger partial charge in [-0.2, -0.15) is 0 Å². The summed E-state index contributed by atoms with van der Waals surface area (Å²) < 4.78 is 4.88. The highest BCUT2D eigenvalue weighted by molar-refractivity contribution is 5.69. The highest BCUT2D eigenvalue weighted by Gasteiger charge is 2.60. The summed E-state index contributed by atoms with van der Waals surface area (Å²) in [6.07, 6.45) is 13.1. The molecule has 0 aromatic carbocycles. The summed E-state index contributed by atoms with van der Waals surface area (Å²) >= 11 is 0. The first-order valence-electron chi connectivity index (χ1n) is 12.0. The van der Waals surface area contributed by atoms with Gasteiger partial charge >= 0.3 is 5.97 Å². The summed E-state index contributed by atoms with van der Waals surface area (Å²) in [5, 5.41) is 10.2. The number of esters is 1. The van der Waals surface area contributed by atoms with Crippen LogP contribution in [0.25, 0.3) is 0 Å². The molecule has 0 aromatic rings. The van der Waals surface area contributed by atoms with Crippen LogP contribution in [0.2, 0.25) is 0 Å². The quantitative estimate of drug-likeness (QED) is 0.636. The van der Waals surface area contributed by atoms with Gasteiger partial charge < -0.3 is 9.84 Å². The molecule has 3 heteroatoms. The molecular weight excluding hydrogens is 348 g/mol. The third-order valence-electron chi connectivity index (χ3n) is 10.4. The Hall–Kier alpha value is -0.570. The Morgan fingerprint density at radius 2 is 1.75 bits per heavy atom. The minimum atomic E-state index is -0.0546. The lowest BCUT2D eigenvalue weighted by atomic mass is 9.44. The van der Waals surface area contributed by atoms with Crippen molar-refractivity contribution in [3.63, 3.8) is 0 Å². The summed E-state index contributed by atoms with van der Waals surface area (Å²) in [5.74, 6) is 4.72. The number of ether oxygens (including phenoxy) is 1. The molecule has 0 saturated heterocycles. The number of carbonyl (C=O) groups excluding carboxylic acids is 1. The van der Waals surface area contributed by atoms with E-state index in [0.717, 1.165) is 48.9 Å². The number of rotatable bonds is 4. The molecule has 28 heavy (non-hydrogen) atoms. The number of methoxy groups -OCH3 is 1. The van der Waals surface area contributed by atoms with E-state index in [9.17, 15) is 9.90 Å². The second-order valence-corrected chi connectivity index (χ2v) is 11.4. The van der Waals surface area contributed by atoms with Gasteiger partial charge in [0, 0.05) is 6.42 Å². The standard InChI is InChI=1S/C25H42O3/c1-16(5-10-23(27)28-4)20-8-9-21-19-7-6-17-15-18(26)11-13-24(17,2)22(19)12-14-25(20,21)3/h16-22,26H,5-15H2,1-4H3/t16-,17-,18-,19?,20-,21?,22?,24+,25-/m1/s1. The maximum atomic E-state index is 11.6. The van der Waals surface area contributed by atoms with E-state index in [1.165, 1.54) is 52.1 Å². The number of fused-ring (bicyclic) bond motifs is 5. The third kappa shape index (κ3) is 3.24. The highest BCUT2D eigenvalue weighted by atomic mass is 16.5. The van der Waals surface area contributed by atoms with Crippen LogP contribution in [0.4, 0.5) is 0 Å². The Labute approximate surface area is 172 Å². The molecule has 4 rings (SSSR count). The number of aliphatic hydroxyl groups excluding tert-OH is 1. The largest absolute Gasteiger partial charge is 0.469 e. The maximum absolute atomic E-state index is 11.6. The predicted molar refractivity (Wildman–Crippen MR) is 112 cm³/mol. The molecule has 4 aliphatic carbocycles. The summed E-state index contributed by atoms with van der Waals surface area (Å²) in [6, 6.07) is 0. The van der Waals surface area contributed by atoms with Crippen molar-refractivity contribution in [1.82, 2.24) is 0 Å². The fourth-order valence-electron chi connectivity index (χ4n) is 8.86. The van der Waals surface area contributed by atoms with Crippen LogP contribution in [0.1, 0.15) is 91.4 Å². The van der Waals surface area contributed by atoms with Crippen LogP contribution in [-0.4, -0.2) is 24.3 Å². The minimum Gasteiger partial charge on any atom is -0.469 e. The average Bonchev–Trinajstić information content (AvgIpc) is 3.03. The normalized spacial score (nSPS) is 48.9. The molecule has 4 saturated carbocycles. The molecule has 0 bridgehead atoms. The van der Waals surface area contributed by atoms with Gasteiger partial charge in [-0.15, -0.1) is 0 Å². The minimum absolute atomic E-state index is 0.0463. The lowest BCUT2D eigenvalue weighted by molar-refractivity contribution is -0.141. The van der Waals surface area contributed by atoms with Crippen LogP contribution in [-0.2, 0) is 9.53 Å². The molecule has 4 aliphatic rings. The van der Waals surface area contributed by atoms with E-state index < -0.39 is 0 Å². The van der Waals surface area contributed by atoms with Gasteiger partial charge in [-0.05, 0) is 111 Å². The van der Waals surface area contributed by atoms with Crippen molar-refractivity contribution in [3.05, 3.63) is 0 Å². The fraction of sp³-hybridized carbons (Fsp3) is 0.960. The Morgan fingerprint density at radius 1 is 1.04 bits per heavy atom. The molecule has 4 fully saturated rings. The Bertz CT molecular complexity index is 588. The van der Waals surface area contributed by atoms with Gasteiger partial charge in [-0.1, -0.05) is 20.8 Å². The highest BCUT2D eigenvalue weighted by Crippen LogP contribution is 2.68. The summed E-state index contributed by atoms with van der Waals surface area (Å²) in [5.41, 5.74) is 0.937. The molecule has 0 amide bonds. The van der Waals surface area contributed by atoms with Gasteiger partial charge in [-0.3, -0.25) is 4.79 Å². The zero-order valence-electron chi connectivity index (χ0n) is 18.6. The van der Waals surface area contributed by atoms with Gasteiger partial charge in [-0.25, -0.2) is 0 Å². The van der Waals surface area contributed by atoms with Crippen molar-refractivity contribution >= 4 is 5.97 Å². The molecule has 0 heterocycles. The van der Waals surface area contributed by atoms with Crippen LogP contribution in [0.5, 0.6) is 0 Å². The molecule has 0 aromatic heterocycles. The van der Waals surface area contributed by atoms with Crippen LogP contribution < -0.4 is 0 Å². The van der Waals surface area contributed by atoms with Crippen molar-refractivity contribution in [2.45, 2.75) is 97.5 Å². The maximum Gasteiger partial charge on any atom is 0.305 e. The molecule has 1 N–H and O–H groups in total. The lowest BCUT2D eigenvalue weighted by Gasteiger charge is -2.61. The van der Waals surface area contributed by atoms with Gasteiger partial charge in [0.2, 0.25) is 0 Å². The van der Waals surface area contributed by atoms with E-state index >= 15 is 0 Å². The zero-order valence-corrected chi connectivity index (χ0v) is 18.6. The van der Waals surface area contributed by atoms with Gasteiger partial charge in [0.05, 0.1) is 13.2 Å². The topological polar surface area (TPSA) is 46.5 Å². The second kappa shape index (κ2) is 7.60. The van der Waals surface area contributed by atoms with Crippen molar-refractivity contribution < 1.29 is 14.6 Å². The first-order valence-corrected chi connectivity index (χ1v) is 12.0. The van der Waals surface area contributed by atoms with E-state index in [0.29, 0.717) is 23.2 Å². The van der Waals surface area contributed by atoms with Crippen molar-refractivity contribution in [2.75, 3.05) is 7.11 Å². The molecule has 3 nitrogen and oxygen atoms in total. The Morgan fingerprint density at radius 3 is 2.50 bits per heavy atom. The van der Waals surface area contributed by atoms with Crippen LogP contribution in [0.15, 0.2) is 0 Å². The number of hydrogen-bond acceptors (Lipinski definition) is 3. The second-order valence-electron chi connectivity index (χ2n) is 11.4. The Kier molecular flexibility index (Phi) is 5.61. The molecular formula is C25H42O3. The Balaban J connectivity index is 1.48. The van der Waals surface area contributed by atoms with Crippen LogP contribution >= 0.6 is 0 Å². The summed E-state index contributed by atoms with van der Waals surface area (Å²) in [4.78, 5) is 11.6. The van der Waals surface area contributed by atoms with Crippen molar-refractivity contribution in [1.29, 1.82) is 0 Å². The summed E-state index contributed by atoms with van der Waals surface area (Å²) in [7, 11) is 1.50.